The molecule has 74 valence electrons. The van der Waals surface area contributed by atoms with Crippen molar-refractivity contribution in [2.24, 2.45) is 0 Å². The summed E-state index contributed by atoms with van der Waals surface area (Å²) >= 11 is 0. The quantitative estimate of drug-likeness (QED) is 0.682. The van der Waals surface area contributed by atoms with Crippen molar-refractivity contribution in [2.45, 2.75) is 20.8 Å². The van der Waals surface area contributed by atoms with Crippen molar-refractivity contribution in [3.05, 3.63) is 23.3 Å². The summed E-state index contributed by atoms with van der Waals surface area (Å²) in [6, 6.07) is 3.87. The molecule has 14 heavy (non-hydrogen) atoms. The van der Waals surface area contributed by atoms with Gasteiger partial charge >= 0.3 is 0 Å². The molecule has 1 aromatic rings. The third-order valence-corrected chi connectivity index (χ3v) is 1.93. The van der Waals surface area contributed by atoms with Gasteiger partial charge in [-0.1, -0.05) is 6.42 Å². The summed E-state index contributed by atoms with van der Waals surface area (Å²) < 4.78 is 10.5. The third-order valence-electron chi connectivity index (χ3n) is 1.93. The van der Waals surface area contributed by atoms with Crippen molar-refractivity contribution in [3.8, 4) is 24.0 Å². The molecule has 1 rings (SSSR count). The number of benzene rings is 1. The van der Waals surface area contributed by atoms with Crippen LogP contribution < -0.4 is 9.47 Å². The molecule has 0 atom stereocenters. The van der Waals surface area contributed by atoms with Crippen molar-refractivity contribution in [2.75, 3.05) is 6.61 Å². The summed E-state index contributed by atoms with van der Waals surface area (Å²) in [6.45, 7) is 6.49. The molecule has 0 spiro atoms. The van der Waals surface area contributed by atoms with E-state index < -0.39 is 0 Å². The van der Waals surface area contributed by atoms with Gasteiger partial charge in [-0.3, -0.25) is 0 Å². The van der Waals surface area contributed by atoms with E-state index >= 15 is 0 Å². The van der Waals surface area contributed by atoms with Crippen LogP contribution in [0.15, 0.2) is 12.1 Å². The van der Waals surface area contributed by atoms with Gasteiger partial charge in [-0.05, 0) is 38.5 Å². The first-order valence-electron chi connectivity index (χ1n) is 4.55. The van der Waals surface area contributed by atoms with Gasteiger partial charge in [0.2, 0.25) is 0 Å². The highest BCUT2D eigenvalue weighted by molar-refractivity contribution is 5.47. The molecule has 1 aromatic carbocycles. The molecule has 0 saturated carbocycles. The normalized spacial score (nSPS) is 9.29. The predicted molar refractivity (Wildman–Crippen MR) is 56.5 cm³/mol. The van der Waals surface area contributed by atoms with Gasteiger partial charge in [-0.15, -0.1) is 0 Å². The lowest BCUT2D eigenvalue weighted by Gasteiger charge is -2.11. The molecule has 0 aliphatic carbocycles. The molecule has 0 radical (unpaired) electrons. The van der Waals surface area contributed by atoms with E-state index in [0.29, 0.717) is 12.4 Å². The summed E-state index contributed by atoms with van der Waals surface area (Å²) in [7, 11) is 0. The van der Waals surface area contributed by atoms with Crippen molar-refractivity contribution in [3.63, 3.8) is 0 Å². The minimum atomic E-state index is 0.639. The number of ether oxygens (including phenoxy) is 2. The van der Waals surface area contributed by atoms with Crippen LogP contribution in [0.4, 0.5) is 0 Å². The second-order valence-corrected chi connectivity index (χ2v) is 3.04. The first-order valence-corrected chi connectivity index (χ1v) is 4.55. The van der Waals surface area contributed by atoms with E-state index in [0.717, 1.165) is 16.9 Å². The molecule has 0 saturated heterocycles. The van der Waals surface area contributed by atoms with Gasteiger partial charge in [-0.25, -0.2) is 0 Å². The lowest BCUT2D eigenvalue weighted by atomic mass is 10.1. The molecule has 0 unspecified atom stereocenters. The molecule has 2 heteroatoms. The van der Waals surface area contributed by atoms with Gasteiger partial charge in [0, 0.05) is 5.56 Å². The fourth-order valence-corrected chi connectivity index (χ4v) is 1.27. The third kappa shape index (κ3) is 2.20. The Morgan fingerprint density at radius 2 is 1.93 bits per heavy atom. The fourth-order valence-electron chi connectivity index (χ4n) is 1.27. The maximum absolute atomic E-state index is 5.46. The van der Waals surface area contributed by atoms with Crippen molar-refractivity contribution in [1.29, 1.82) is 0 Å². The monoisotopic (exact) mass is 190 g/mol. The van der Waals surface area contributed by atoms with E-state index in [-0.39, 0.29) is 0 Å². The molecule has 0 heterocycles. The SMILES string of the molecule is C#COc1cc(C)cc(OCC)c1C. The average Bonchev–Trinajstić information content (AvgIpc) is 2.14. The lowest BCUT2D eigenvalue weighted by Crippen LogP contribution is -1.97. The highest BCUT2D eigenvalue weighted by Crippen LogP contribution is 2.29. The zero-order valence-electron chi connectivity index (χ0n) is 8.76. The van der Waals surface area contributed by atoms with Crippen molar-refractivity contribution < 1.29 is 9.47 Å². The van der Waals surface area contributed by atoms with Gasteiger partial charge in [0.05, 0.1) is 6.61 Å². The molecule has 0 N–H and O–H groups in total. The molecule has 0 bridgehead atoms. The van der Waals surface area contributed by atoms with Crippen LogP contribution in [0.2, 0.25) is 0 Å². The summed E-state index contributed by atoms with van der Waals surface area (Å²) in [5, 5.41) is 0. The minimum Gasteiger partial charge on any atom is -0.493 e. The second-order valence-electron chi connectivity index (χ2n) is 3.04. The van der Waals surface area contributed by atoms with E-state index in [1.54, 1.807) is 0 Å². The van der Waals surface area contributed by atoms with Gasteiger partial charge < -0.3 is 9.47 Å². The van der Waals surface area contributed by atoms with Gasteiger partial charge in [0.1, 0.15) is 17.6 Å². The Hall–Kier alpha value is -1.62. The van der Waals surface area contributed by atoms with E-state index in [1.807, 2.05) is 32.9 Å². The second kappa shape index (κ2) is 4.57. The maximum Gasteiger partial charge on any atom is 0.147 e. The summed E-state index contributed by atoms with van der Waals surface area (Å²) in [5.74, 6) is 1.52. The van der Waals surface area contributed by atoms with Crippen LogP contribution in [0.3, 0.4) is 0 Å². The zero-order chi connectivity index (χ0) is 10.6. The van der Waals surface area contributed by atoms with Crippen molar-refractivity contribution in [1.82, 2.24) is 0 Å². The number of aryl methyl sites for hydroxylation is 1. The lowest BCUT2D eigenvalue weighted by molar-refractivity contribution is 0.335. The van der Waals surface area contributed by atoms with Crippen molar-refractivity contribution >= 4 is 0 Å². The summed E-state index contributed by atoms with van der Waals surface area (Å²) in [4.78, 5) is 0. The number of hydrogen-bond acceptors (Lipinski definition) is 2. The van der Waals surface area contributed by atoms with Crippen LogP contribution >= 0.6 is 0 Å². The number of hydrogen-bond donors (Lipinski definition) is 0. The summed E-state index contributed by atoms with van der Waals surface area (Å²) in [5.41, 5.74) is 2.01. The summed E-state index contributed by atoms with van der Waals surface area (Å²) in [6.07, 6.45) is 7.26. The molecule has 2 nitrogen and oxygen atoms in total. The zero-order valence-corrected chi connectivity index (χ0v) is 8.76. The van der Waals surface area contributed by atoms with Crippen LogP contribution in [0.25, 0.3) is 0 Å². The molecular weight excluding hydrogens is 176 g/mol. The largest absolute Gasteiger partial charge is 0.493 e. The van der Waals surface area contributed by atoms with Crippen LogP contribution in [0.5, 0.6) is 11.5 Å². The van der Waals surface area contributed by atoms with E-state index in [1.165, 1.54) is 0 Å². The molecule has 0 aromatic heterocycles. The maximum atomic E-state index is 5.46. The standard InChI is InChI=1S/C12H14O2/c1-5-13-11-7-9(3)8-12(10(11)4)14-6-2/h1,7-8H,6H2,2-4H3. The van der Waals surface area contributed by atoms with E-state index in [9.17, 15) is 0 Å². The Morgan fingerprint density at radius 1 is 1.29 bits per heavy atom. The Labute approximate surface area is 84.8 Å². The molecule has 0 amide bonds. The number of terminal acetylenes is 1. The minimum absolute atomic E-state index is 0.639. The molecule has 0 fully saturated rings. The molecular formula is C12H14O2. The fraction of sp³-hybridized carbons (Fsp3) is 0.333. The van der Waals surface area contributed by atoms with Gasteiger partial charge in [0.25, 0.3) is 0 Å². The highest BCUT2D eigenvalue weighted by Gasteiger charge is 2.07. The molecule has 0 aliphatic rings. The van der Waals surface area contributed by atoms with Crippen LogP contribution in [0, 0.1) is 26.4 Å². The van der Waals surface area contributed by atoms with Crippen LogP contribution in [0.1, 0.15) is 18.1 Å². The number of rotatable bonds is 3. The van der Waals surface area contributed by atoms with E-state index in [4.69, 9.17) is 15.9 Å². The first kappa shape index (κ1) is 10.5. The molecule has 0 aliphatic heterocycles. The van der Waals surface area contributed by atoms with Gasteiger partial charge in [0.15, 0.2) is 0 Å². The average molecular weight is 190 g/mol. The van der Waals surface area contributed by atoms with Crippen LogP contribution in [-0.2, 0) is 0 Å². The first-order chi connectivity index (χ1) is 6.69. The predicted octanol–water partition coefficient (Wildman–Crippen LogP) is 2.67. The Morgan fingerprint density at radius 3 is 2.50 bits per heavy atom. The Kier molecular flexibility index (Phi) is 3.41. The van der Waals surface area contributed by atoms with Crippen LogP contribution in [-0.4, -0.2) is 6.61 Å². The smallest absolute Gasteiger partial charge is 0.147 e. The highest BCUT2D eigenvalue weighted by atomic mass is 16.5. The Balaban J connectivity index is 3.12. The van der Waals surface area contributed by atoms with Gasteiger partial charge in [-0.2, -0.15) is 0 Å². The topological polar surface area (TPSA) is 18.5 Å². The van der Waals surface area contributed by atoms with E-state index in [2.05, 4.69) is 6.11 Å². The Bertz CT molecular complexity index is 361.